The highest BCUT2D eigenvalue weighted by Crippen LogP contribution is 2.44. The van der Waals surface area contributed by atoms with Gasteiger partial charge in [-0.3, -0.25) is 4.79 Å². The molecule has 130 valence electrons. The van der Waals surface area contributed by atoms with Crippen molar-refractivity contribution in [2.45, 2.75) is 25.8 Å². The molecule has 2 aromatic rings. The second-order valence-electron chi connectivity index (χ2n) is 6.49. The molecule has 0 saturated heterocycles. The molecule has 2 unspecified atom stereocenters. The largest absolute Gasteiger partial charge is 0.497 e. The van der Waals surface area contributed by atoms with Gasteiger partial charge in [-0.15, -0.1) is 0 Å². The van der Waals surface area contributed by atoms with Gasteiger partial charge in [-0.2, -0.15) is 10.1 Å². The predicted octanol–water partition coefficient (Wildman–Crippen LogP) is 2.56. The van der Waals surface area contributed by atoms with Crippen molar-refractivity contribution in [1.29, 1.82) is 0 Å². The summed E-state index contributed by atoms with van der Waals surface area (Å²) in [7, 11) is 3.23. The van der Waals surface area contributed by atoms with Crippen LogP contribution in [0.1, 0.15) is 31.4 Å². The minimum atomic E-state index is -0.352. The molecular formula is C18H20N4O3. The van der Waals surface area contributed by atoms with Crippen LogP contribution in [-0.4, -0.2) is 34.8 Å². The molecule has 7 heteroatoms. The van der Waals surface area contributed by atoms with Crippen LogP contribution in [0, 0.1) is 5.92 Å². The number of allylic oxidation sites excluding steroid dienone is 2. The zero-order valence-corrected chi connectivity index (χ0v) is 14.4. The van der Waals surface area contributed by atoms with E-state index in [0.717, 1.165) is 23.3 Å². The first-order chi connectivity index (χ1) is 12.1. The maximum atomic E-state index is 12.9. The lowest BCUT2D eigenvalue weighted by molar-refractivity contribution is -0.117. The third-order valence-corrected chi connectivity index (χ3v) is 4.80. The van der Waals surface area contributed by atoms with Crippen LogP contribution in [0.5, 0.6) is 11.5 Å². The number of carbonyl (C=O) groups is 1. The number of hydrogen-bond donors (Lipinski definition) is 1. The van der Waals surface area contributed by atoms with Gasteiger partial charge in [0, 0.05) is 29.3 Å². The first-order valence-electron chi connectivity index (χ1n) is 8.27. The van der Waals surface area contributed by atoms with Crippen LogP contribution in [0.3, 0.4) is 0 Å². The van der Waals surface area contributed by atoms with Gasteiger partial charge in [0.05, 0.1) is 14.2 Å². The number of fused-ring (bicyclic) bond motifs is 1. The first-order valence-corrected chi connectivity index (χ1v) is 8.27. The Kier molecular flexibility index (Phi) is 3.71. The fourth-order valence-electron chi connectivity index (χ4n) is 3.68. The lowest BCUT2D eigenvalue weighted by Crippen LogP contribution is -2.33. The normalized spacial score (nSPS) is 22.1. The standard InChI is InChI=1S/C18H20N4O3/c1-10-6-13-16(14(23)7-10)17(22-18(21-13)19-9-20-22)12-5-4-11(24-2)8-15(12)25-3/h4-5,8-10,17H,6-7H2,1-3H3,(H,19,20,21). The van der Waals surface area contributed by atoms with E-state index in [-0.39, 0.29) is 11.8 Å². The highest BCUT2D eigenvalue weighted by molar-refractivity contribution is 5.99. The zero-order valence-electron chi connectivity index (χ0n) is 14.4. The molecule has 0 radical (unpaired) electrons. The highest BCUT2D eigenvalue weighted by Gasteiger charge is 2.39. The quantitative estimate of drug-likeness (QED) is 0.925. The summed E-state index contributed by atoms with van der Waals surface area (Å²) >= 11 is 0. The van der Waals surface area contributed by atoms with Crippen molar-refractivity contribution in [3.63, 3.8) is 0 Å². The number of hydrogen-bond acceptors (Lipinski definition) is 6. The molecule has 7 nitrogen and oxygen atoms in total. The molecule has 1 aliphatic heterocycles. The van der Waals surface area contributed by atoms with E-state index < -0.39 is 0 Å². The van der Waals surface area contributed by atoms with Crippen molar-refractivity contribution < 1.29 is 14.3 Å². The van der Waals surface area contributed by atoms with E-state index in [1.807, 2.05) is 18.2 Å². The average Bonchev–Trinajstić information content (AvgIpc) is 3.07. The number of aromatic nitrogens is 3. The number of benzene rings is 1. The van der Waals surface area contributed by atoms with E-state index in [9.17, 15) is 4.79 Å². The minimum absolute atomic E-state index is 0.144. The zero-order chi connectivity index (χ0) is 17.6. The molecule has 0 fully saturated rings. The summed E-state index contributed by atoms with van der Waals surface area (Å²) < 4.78 is 12.6. The van der Waals surface area contributed by atoms with E-state index in [1.165, 1.54) is 6.33 Å². The molecule has 0 spiro atoms. The summed E-state index contributed by atoms with van der Waals surface area (Å²) in [6.45, 7) is 2.09. The molecule has 0 bridgehead atoms. The minimum Gasteiger partial charge on any atom is -0.497 e. The van der Waals surface area contributed by atoms with Crippen molar-refractivity contribution >= 4 is 11.7 Å². The van der Waals surface area contributed by atoms with Crippen molar-refractivity contribution in [3.05, 3.63) is 41.4 Å². The molecule has 1 aromatic heterocycles. The molecule has 2 atom stereocenters. The van der Waals surface area contributed by atoms with Gasteiger partial charge in [0.15, 0.2) is 5.78 Å². The number of Topliss-reactive ketones (excluding diaryl/α,β-unsaturated/α-hetero) is 1. The Balaban J connectivity index is 1.91. The van der Waals surface area contributed by atoms with Crippen LogP contribution >= 0.6 is 0 Å². The van der Waals surface area contributed by atoms with Gasteiger partial charge in [-0.05, 0) is 24.5 Å². The Morgan fingerprint density at radius 2 is 2.08 bits per heavy atom. The number of methoxy groups -OCH3 is 2. The predicted molar refractivity (Wildman–Crippen MR) is 91.8 cm³/mol. The third-order valence-electron chi connectivity index (χ3n) is 4.80. The summed E-state index contributed by atoms with van der Waals surface area (Å²) in [5, 5.41) is 7.63. The maximum Gasteiger partial charge on any atom is 0.226 e. The van der Waals surface area contributed by atoms with Gasteiger partial charge in [0.1, 0.15) is 23.9 Å². The third kappa shape index (κ3) is 2.47. The van der Waals surface area contributed by atoms with Gasteiger partial charge in [0.25, 0.3) is 0 Å². The maximum absolute atomic E-state index is 12.9. The number of ether oxygens (including phenoxy) is 2. The second kappa shape index (κ2) is 5.91. The summed E-state index contributed by atoms with van der Waals surface area (Å²) in [6, 6.07) is 5.26. The average molecular weight is 340 g/mol. The fraction of sp³-hybridized carbons (Fsp3) is 0.389. The summed E-state index contributed by atoms with van der Waals surface area (Å²) in [4.78, 5) is 17.1. The number of ketones is 1. The molecule has 1 aromatic carbocycles. The summed E-state index contributed by atoms with van der Waals surface area (Å²) in [6.07, 6.45) is 2.86. The second-order valence-corrected chi connectivity index (χ2v) is 6.49. The number of rotatable bonds is 3. The van der Waals surface area contributed by atoms with Gasteiger partial charge in [-0.1, -0.05) is 6.92 Å². The Hall–Kier alpha value is -2.83. The van der Waals surface area contributed by atoms with E-state index >= 15 is 0 Å². The lowest BCUT2D eigenvalue weighted by atomic mass is 9.81. The molecule has 2 aliphatic rings. The summed E-state index contributed by atoms with van der Waals surface area (Å²) in [5.41, 5.74) is 2.55. The van der Waals surface area contributed by atoms with E-state index in [2.05, 4.69) is 22.3 Å². The Labute approximate surface area is 145 Å². The number of nitrogens with one attached hydrogen (secondary N) is 1. The molecule has 0 saturated carbocycles. The molecule has 1 aliphatic carbocycles. The molecule has 2 heterocycles. The highest BCUT2D eigenvalue weighted by atomic mass is 16.5. The van der Waals surface area contributed by atoms with Crippen LogP contribution in [0.15, 0.2) is 35.8 Å². The van der Waals surface area contributed by atoms with Crippen LogP contribution in [0.4, 0.5) is 5.95 Å². The SMILES string of the molecule is COc1ccc(C2C3=C(CC(C)CC3=O)Nc3ncnn32)c(OC)c1. The summed E-state index contributed by atoms with van der Waals surface area (Å²) in [5.74, 6) is 2.46. The van der Waals surface area contributed by atoms with Crippen molar-refractivity contribution in [1.82, 2.24) is 14.8 Å². The van der Waals surface area contributed by atoms with Gasteiger partial charge < -0.3 is 14.8 Å². The Morgan fingerprint density at radius 3 is 2.84 bits per heavy atom. The van der Waals surface area contributed by atoms with Gasteiger partial charge in [0.2, 0.25) is 5.95 Å². The van der Waals surface area contributed by atoms with E-state index in [0.29, 0.717) is 29.8 Å². The van der Waals surface area contributed by atoms with Gasteiger partial charge >= 0.3 is 0 Å². The number of nitrogens with zero attached hydrogens (tertiary/aromatic N) is 3. The molecule has 4 rings (SSSR count). The lowest BCUT2D eigenvalue weighted by Gasteiger charge is -2.34. The Bertz CT molecular complexity index is 871. The van der Waals surface area contributed by atoms with E-state index in [1.54, 1.807) is 18.9 Å². The first kappa shape index (κ1) is 15.7. The fourth-order valence-corrected chi connectivity index (χ4v) is 3.68. The molecular weight excluding hydrogens is 320 g/mol. The topological polar surface area (TPSA) is 78.3 Å². The van der Waals surface area contributed by atoms with Crippen LogP contribution in [0.2, 0.25) is 0 Å². The number of carbonyl (C=O) groups excluding carboxylic acids is 1. The van der Waals surface area contributed by atoms with Gasteiger partial charge in [-0.25, -0.2) is 4.68 Å². The van der Waals surface area contributed by atoms with Crippen molar-refractivity contribution in [2.75, 3.05) is 19.5 Å². The smallest absolute Gasteiger partial charge is 0.226 e. The van der Waals surface area contributed by atoms with Crippen LogP contribution in [0.25, 0.3) is 0 Å². The molecule has 1 N–H and O–H groups in total. The van der Waals surface area contributed by atoms with Crippen molar-refractivity contribution in [2.24, 2.45) is 5.92 Å². The monoisotopic (exact) mass is 340 g/mol. The van der Waals surface area contributed by atoms with E-state index in [4.69, 9.17) is 9.47 Å². The van der Waals surface area contributed by atoms with Crippen LogP contribution in [-0.2, 0) is 4.79 Å². The van der Waals surface area contributed by atoms with Crippen LogP contribution < -0.4 is 14.8 Å². The Morgan fingerprint density at radius 1 is 1.24 bits per heavy atom. The number of anilines is 1. The van der Waals surface area contributed by atoms with Crippen molar-refractivity contribution in [3.8, 4) is 11.5 Å². The molecule has 25 heavy (non-hydrogen) atoms. The molecule has 0 amide bonds.